The molecule has 4 N–H and O–H groups in total. The van der Waals surface area contributed by atoms with Gasteiger partial charge >= 0.3 is 11.9 Å². The van der Waals surface area contributed by atoms with E-state index in [9.17, 15) is 14.4 Å². The molecule has 0 aliphatic rings. The summed E-state index contributed by atoms with van der Waals surface area (Å²) in [5.41, 5.74) is 0. The molecule has 0 rings (SSSR count). The lowest BCUT2D eigenvalue weighted by Gasteiger charge is -2.25. The van der Waals surface area contributed by atoms with Crippen molar-refractivity contribution in [2.24, 2.45) is 0 Å². The molecule has 0 aromatic carbocycles. The van der Waals surface area contributed by atoms with Crippen LogP contribution in [0.25, 0.3) is 0 Å². The van der Waals surface area contributed by atoms with Gasteiger partial charge in [0.05, 0.1) is 6.61 Å². The minimum atomic E-state index is -1.73. The van der Waals surface area contributed by atoms with E-state index >= 15 is 0 Å². The van der Waals surface area contributed by atoms with Crippen LogP contribution in [0, 0.1) is 0 Å². The van der Waals surface area contributed by atoms with Gasteiger partial charge in [-0.25, -0.2) is 9.59 Å². The summed E-state index contributed by atoms with van der Waals surface area (Å²) in [7, 11) is 0. The molecule has 0 unspecified atom stereocenters. The second-order valence-corrected chi connectivity index (χ2v) is 6.77. The fourth-order valence-electron chi connectivity index (χ4n) is 2.94. The van der Waals surface area contributed by atoms with Crippen LogP contribution in [0.4, 0.5) is 0 Å². The predicted octanol–water partition coefficient (Wildman–Crippen LogP) is 1.86. The van der Waals surface area contributed by atoms with Crippen LogP contribution in [-0.2, 0) is 14.4 Å². The predicted molar refractivity (Wildman–Crippen MR) is 103 cm³/mol. The molecule has 0 atom stereocenters. The lowest BCUT2D eigenvalue weighted by atomic mass is 10.1. The summed E-state index contributed by atoms with van der Waals surface area (Å²) in [6.45, 7) is 1.95. The summed E-state index contributed by atoms with van der Waals surface area (Å²) in [4.78, 5) is 35.1. The van der Waals surface area contributed by atoms with Crippen LogP contribution < -0.4 is 5.32 Å². The van der Waals surface area contributed by atoms with Crippen LogP contribution in [0.3, 0.4) is 0 Å². The van der Waals surface area contributed by atoms with E-state index in [4.69, 9.17) is 15.3 Å². The van der Waals surface area contributed by atoms with E-state index in [1.165, 1.54) is 38.5 Å². The smallest absolute Gasteiger partial charge is 0.332 e. The third-order valence-electron chi connectivity index (χ3n) is 4.45. The van der Waals surface area contributed by atoms with Gasteiger partial charge in [0.2, 0.25) is 11.9 Å². The van der Waals surface area contributed by atoms with Gasteiger partial charge in [0.25, 0.3) is 0 Å². The van der Waals surface area contributed by atoms with Crippen molar-refractivity contribution in [1.29, 1.82) is 0 Å². The highest BCUT2D eigenvalue weighted by Crippen LogP contribution is 2.10. The average Bonchev–Trinajstić information content (AvgIpc) is 2.59. The first-order valence-corrected chi connectivity index (χ1v) is 10.0. The number of carbonyl (C=O) groups is 3. The number of aliphatic hydroxyl groups excluding tert-OH is 1. The number of nitrogens with zero attached hydrogens (tertiary/aromatic N) is 1. The standard InChI is InChI=1S/C19H36N2O6/c1-2-3-4-5-6-7-8-9-10-11-16(23)20-12-13-21(14-15-22)17(18(24)25)19(26)27/h17,22H,2-15H2,1H3,(H,20,23)(H,24,25)(H,26,27). The lowest BCUT2D eigenvalue weighted by Crippen LogP contribution is -2.50. The molecule has 8 heteroatoms. The molecular weight excluding hydrogens is 352 g/mol. The van der Waals surface area contributed by atoms with Gasteiger partial charge < -0.3 is 20.6 Å². The first kappa shape index (κ1) is 25.3. The number of amides is 1. The number of aliphatic carboxylic acids is 2. The van der Waals surface area contributed by atoms with Crippen molar-refractivity contribution in [3.05, 3.63) is 0 Å². The van der Waals surface area contributed by atoms with Gasteiger partial charge in [0, 0.05) is 26.1 Å². The first-order chi connectivity index (χ1) is 12.9. The number of carbonyl (C=O) groups excluding carboxylic acids is 1. The molecule has 0 heterocycles. The Balaban J connectivity index is 3.89. The van der Waals surface area contributed by atoms with E-state index in [0.717, 1.165) is 24.2 Å². The normalized spacial score (nSPS) is 11.1. The Kier molecular flexibility index (Phi) is 15.5. The molecule has 0 aliphatic heterocycles. The monoisotopic (exact) mass is 388 g/mol. The highest BCUT2D eigenvalue weighted by Gasteiger charge is 2.32. The first-order valence-electron chi connectivity index (χ1n) is 10.0. The van der Waals surface area contributed by atoms with Crippen molar-refractivity contribution in [2.75, 3.05) is 26.2 Å². The van der Waals surface area contributed by atoms with Gasteiger partial charge in [-0.05, 0) is 6.42 Å². The summed E-state index contributed by atoms with van der Waals surface area (Å²) in [6.07, 6.45) is 11.0. The molecule has 0 bridgehead atoms. The summed E-state index contributed by atoms with van der Waals surface area (Å²) in [5, 5.41) is 29.7. The number of aliphatic hydroxyl groups is 1. The Morgan fingerprint density at radius 1 is 0.852 bits per heavy atom. The Bertz CT molecular complexity index is 416. The third-order valence-corrected chi connectivity index (χ3v) is 4.45. The van der Waals surface area contributed by atoms with Gasteiger partial charge in [0.15, 0.2) is 0 Å². The Hall–Kier alpha value is -1.67. The zero-order chi connectivity index (χ0) is 20.5. The van der Waals surface area contributed by atoms with Crippen LogP contribution in [0.5, 0.6) is 0 Å². The molecule has 0 radical (unpaired) electrons. The van der Waals surface area contributed by atoms with Gasteiger partial charge in [-0.15, -0.1) is 0 Å². The molecule has 0 saturated carbocycles. The highest BCUT2D eigenvalue weighted by atomic mass is 16.4. The second kappa shape index (κ2) is 16.5. The zero-order valence-electron chi connectivity index (χ0n) is 16.5. The maximum Gasteiger partial charge on any atom is 0.332 e. The molecule has 8 nitrogen and oxygen atoms in total. The highest BCUT2D eigenvalue weighted by molar-refractivity contribution is 5.97. The van der Waals surface area contributed by atoms with E-state index in [-0.39, 0.29) is 32.1 Å². The average molecular weight is 389 g/mol. The van der Waals surface area contributed by atoms with Crippen LogP contribution in [0.1, 0.15) is 71.1 Å². The Morgan fingerprint density at radius 3 is 1.85 bits per heavy atom. The van der Waals surface area contributed by atoms with Crippen molar-refractivity contribution in [3.8, 4) is 0 Å². The molecule has 0 saturated heterocycles. The lowest BCUT2D eigenvalue weighted by molar-refractivity contribution is -0.156. The molecule has 27 heavy (non-hydrogen) atoms. The number of hydrogen-bond acceptors (Lipinski definition) is 5. The number of unbranched alkanes of at least 4 members (excludes halogenated alkanes) is 8. The fourth-order valence-corrected chi connectivity index (χ4v) is 2.94. The third kappa shape index (κ3) is 13.2. The molecule has 158 valence electrons. The van der Waals surface area contributed by atoms with Gasteiger partial charge in [-0.3, -0.25) is 9.69 Å². The molecule has 0 spiro atoms. The number of carboxylic acids is 2. The quantitative estimate of drug-likeness (QED) is 0.208. The fraction of sp³-hybridized carbons (Fsp3) is 0.842. The minimum Gasteiger partial charge on any atom is -0.480 e. The molecule has 1 amide bonds. The number of hydrogen-bond donors (Lipinski definition) is 4. The van der Waals surface area contributed by atoms with Gasteiger partial charge in [-0.1, -0.05) is 58.3 Å². The van der Waals surface area contributed by atoms with Gasteiger partial charge in [-0.2, -0.15) is 0 Å². The maximum absolute atomic E-state index is 11.8. The molecule has 0 aliphatic carbocycles. The number of rotatable bonds is 18. The summed E-state index contributed by atoms with van der Waals surface area (Å²) < 4.78 is 0. The van der Waals surface area contributed by atoms with Crippen LogP contribution in [-0.4, -0.2) is 70.3 Å². The summed E-state index contributed by atoms with van der Waals surface area (Å²) in [5.74, 6) is -3.10. The Labute approximate surface area is 161 Å². The van der Waals surface area contributed by atoms with Gasteiger partial charge in [0.1, 0.15) is 0 Å². The van der Waals surface area contributed by atoms with E-state index < -0.39 is 18.0 Å². The Morgan fingerprint density at radius 2 is 1.37 bits per heavy atom. The largest absolute Gasteiger partial charge is 0.480 e. The minimum absolute atomic E-state index is 0.0489. The summed E-state index contributed by atoms with van der Waals surface area (Å²) in [6, 6.07) is -1.73. The second-order valence-electron chi connectivity index (χ2n) is 6.77. The van der Waals surface area contributed by atoms with Crippen molar-refractivity contribution >= 4 is 17.8 Å². The summed E-state index contributed by atoms with van der Waals surface area (Å²) >= 11 is 0. The van der Waals surface area contributed by atoms with Crippen molar-refractivity contribution in [1.82, 2.24) is 10.2 Å². The topological polar surface area (TPSA) is 127 Å². The van der Waals surface area contributed by atoms with E-state index in [1.54, 1.807) is 0 Å². The zero-order valence-corrected chi connectivity index (χ0v) is 16.5. The van der Waals surface area contributed by atoms with Crippen molar-refractivity contribution in [3.63, 3.8) is 0 Å². The molecular formula is C19H36N2O6. The van der Waals surface area contributed by atoms with E-state index in [2.05, 4.69) is 12.2 Å². The molecule has 0 aromatic heterocycles. The molecule has 0 aromatic rings. The van der Waals surface area contributed by atoms with Crippen LogP contribution >= 0.6 is 0 Å². The van der Waals surface area contributed by atoms with E-state index in [1.807, 2.05) is 0 Å². The van der Waals surface area contributed by atoms with Crippen molar-refractivity contribution < 1.29 is 29.7 Å². The van der Waals surface area contributed by atoms with Crippen LogP contribution in [0.15, 0.2) is 0 Å². The number of nitrogens with one attached hydrogen (secondary N) is 1. The van der Waals surface area contributed by atoms with E-state index in [0.29, 0.717) is 6.42 Å². The number of carboxylic acid groups (broad SMARTS) is 2. The van der Waals surface area contributed by atoms with Crippen LogP contribution in [0.2, 0.25) is 0 Å². The maximum atomic E-state index is 11.8. The van der Waals surface area contributed by atoms with Crippen molar-refractivity contribution in [2.45, 2.75) is 77.2 Å². The molecule has 0 fully saturated rings. The SMILES string of the molecule is CCCCCCCCCCCC(=O)NCCN(CCO)C(C(=O)O)C(=O)O.